The highest BCUT2D eigenvalue weighted by Crippen LogP contribution is 2.29. The lowest BCUT2D eigenvalue weighted by Crippen LogP contribution is -2.22. The predicted molar refractivity (Wildman–Crippen MR) is 84.7 cm³/mol. The molecule has 4 nitrogen and oxygen atoms in total. The number of nitrogens with one attached hydrogen (secondary N) is 1. The molecule has 0 aliphatic rings. The molecule has 0 spiro atoms. The lowest BCUT2D eigenvalue weighted by molar-refractivity contribution is 0.448. The summed E-state index contributed by atoms with van der Waals surface area (Å²) in [7, 11) is 0. The molecule has 0 bridgehead atoms. The Morgan fingerprint density at radius 3 is 2.52 bits per heavy atom. The van der Waals surface area contributed by atoms with Gasteiger partial charge >= 0.3 is 0 Å². The number of hydrogen-bond donors (Lipinski definition) is 1. The Labute approximate surface area is 126 Å². The minimum atomic E-state index is 0.414. The molecule has 1 heterocycles. The van der Waals surface area contributed by atoms with Gasteiger partial charge in [0.1, 0.15) is 5.75 Å². The van der Waals surface area contributed by atoms with Crippen molar-refractivity contribution in [3.8, 4) is 11.6 Å². The van der Waals surface area contributed by atoms with E-state index in [0.717, 1.165) is 22.6 Å². The van der Waals surface area contributed by atoms with Gasteiger partial charge in [0.15, 0.2) is 0 Å². The van der Waals surface area contributed by atoms with Crippen molar-refractivity contribution in [1.29, 1.82) is 0 Å². The molecule has 1 aromatic carbocycles. The molecule has 1 N–H and O–H groups in total. The van der Waals surface area contributed by atoms with Gasteiger partial charge in [-0.3, -0.25) is 4.98 Å². The van der Waals surface area contributed by atoms with Gasteiger partial charge in [-0.15, -0.1) is 0 Å². The lowest BCUT2D eigenvalue weighted by atomic mass is 10.1. The van der Waals surface area contributed by atoms with Crippen LogP contribution >= 0.6 is 0 Å². The van der Waals surface area contributed by atoms with Gasteiger partial charge < -0.3 is 10.1 Å². The zero-order chi connectivity index (χ0) is 15.4. The van der Waals surface area contributed by atoms with E-state index in [1.807, 2.05) is 6.92 Å². The van der Waals surface area contributed by atoms with Crippen molar-refractivity contribution in [3.63, 3.8) is 0 Å². The third-order valence-electron chi connectivity index (χ3n) is 3.43. The second-order valence-electron chi connectivity index (χ2n) is 5.64. The van der Waals surface area contributed by atoms with Gasteiger partial charge in [0.05, 0.1) is 11.9 Å². The van der Waals surface area contributed by atoms with Crippen molar-refractivity contribution < 1.29 is 4.74 Å². The number of aryl methyl sites for hydroxylation is 2. The fraction of sp³-hybridized carbons (Fsp3) is 0.412. The van der Waals surface area contributed by atoms with Crippen LogP contribution in [0.1, 0.15) is 36.2 Å². The first-order valence-corrected chi connectivity index (χ1v) is 7.26. The van der Waals surface area contributed by atoms with Gasteiger partial charge in [-0.25, -0.2) is 4.98 Å². The monoisotopic (exact) mass is 285 g/mol. The number of ether oxygens (including phenoxy) is 1. The van der Waals surface area contributed by atoms with Crippen LogP contribution in [0.5, 0.6) is 11.6 Å². The molecular weight excluding hydrogens is 262 g/mol. The van der Waals surface area contributed by atoms with Crippen LogP contribution < -0.4 is 10.1 Å². The maximum atomic E-state index is 5.97. The molecule has 1 aromatic heterocycles. The number of nitrogens with zero attached hydrogens (tertiary/aromatic N) is 2. The molecule has 0 saturated heterocycles. The summed E-state index contributed by atoms with van der Waals surface area (Å²) in [6, 6.07) is 4.58. The van der Waals surface area contributed by atoms with Crippen molar-refractivity contribution in [3.05, 3.63) is 46.9 Å². The van der Waals surface area contributed by atoms with Gasteiger partial charge in [0.25, 0.3) is 0 Å². The Bertz CT molecular complexity index is 623. The molecule has 0 atom stereocenters. The van der Waals surface area contributed by atoms with E-state index in [0.29, 0.717) is 18.5 Å². The molecule has 21 heavy (non-hydrogen) atoms. The van der Waals surface area contributed by atoms with Crippen LogP contribution in [0.25, 0.3) is 0 Å². The fourth-order valence-corrected chi connectivity index (χ4v) is 2.02. The van der Waals surface area contributed by atoms with E-state index in [9.17, 15) is 0 Å². The van der Waals surface area contributed by atoms with Crippen LogP contribution in [0, 0.1) is 20.8 Å². The van der Waals surface area contributed by atoms with Gasteiger partial charge in [-0.2, -0.15) is 0 Å². The average molecular weight is 285 g/mol. The molecule has 0 amide bonds. The molecule has 112 valence electrons. The van der Waals surface area contributed by atoms with Crippen LogP contribution in [0.15, 0.2) is 24.5 Å². The molecule has 0 radical (unpaired) electrons. The highest BCUT2D eigenvalue weighted by molar-refractivity contribution is 5.46. The molecule has 0 saturated carbocycles. The Morgan fingerprint density at radius 1 is 1.10 bits per heavy atom. The minimum Gasteiger partial charge on any atom is -0.437 e. The first-order chi connectivity index (χ1) is 9.97. The average Bonchev–Trinajstić information content (AvgIpc) is 2.46. The van der Waals surface area contributed by atoms with E-state index in [-0.39, 0.29) is 0 Å². The second kappa shape index (κ2) is 6.68. The summed E-state index contributed by atoms with van der Waals surface area (Å²) >= 11 is 0. The summed E-state index contributed by atoms with van der Waals surface area (Å²) in [6.45, 7) is 11.1. The summed E-state index contributed by atoms with van der Waals surface area (Å²) in [5.74, 6) is 1.41. The first kappa shape index (κ1) is 15.4. The van der Waals surface area contributed by atoms with Gasteiger partial charge in [0, 0.05) is 18.8 Å². The Hall–Kier alpha value is -1.94. The standard InChI is InChI=1S/C17H23N3O/c1-11(2)19-9-15-8-18-10-16(20-15)21-17-13(4)7-6-12(3)14(17)5/h6-8,10-11,19H,9H2,1-5H3. The van der Waals surface area contributed by atoms with E-state index in [1.165, 1.54) is 5.56 Å². The van der Waals surface area contributed by atoms with Crippen molar-refractivity contribution >= 4 is 0 Å². The largest absolute Gasteiger partial charge is 0.437 e. The Morgan fingerprint density at radius 2 is 1.81 bits per heavy atom. The third kappa shape index (κ3) is 4.02. The van der Waals surface area contributed by atoms with E-state index >= 15 is 0 Å². The molecule has 0 fully saturated rings. The van der Waals surface area contributed by atoms with Gasteiger partial charge in [-0.1, -0.05) is 26.0 Å². The van der Waals surface area contributed by atoms with Crippen LogP contribution in [0.2, 0.25) is 0 Å². The van der Waals surface area contributed by atoms with E-state index in [2.05, 4.69) is 55.1 Å². The Balaban J connectivity index is 2.20. The number of rotatable bonds is 5. The Kier molecular flexibility index (Phi) is 4.91. The summed E-state index contributed by atoms with van der Waals surface area (Å²) in [6.07, 6.45) is 3.41. The van der Waals surface area contributed by atoms with Crippen LogP contribution in [0.3, 0.4) is 0 Å². The molecule has 0 aliphatic carbocycles. The summed E-state index contributed by atoms with van der Waals surface area (Å²) in [4.78, 5) is 8.72. The topological polar surface area (TPSA) is 47.0 Å². The third-order valence-corrected chi connectivity index (χ3v) is 3.43. The highest BCUT2D eigenvalue weighted by atomic mass is 16.5. The molecular formula is C17H23N3O. The van der Waals surface area contributed by atoms with Crippen LogP contribution in [0.4, 0.5) is 0 Å². The van der Waals surface area contributed by atoms with Crippen LogP contribution in [-0.4, -0.2) is 16.0 Å². The van der Waals surface area contributed by atoms with E-state index < -0.39 is 0 Å². The van der Waals surface area contributed by atoms with Crippen molar-refractivity contribution in [2.24, 2.45) is 0 Å². The molecule has 0 aliphatic heterocycles. The van der Waals surface area contributed by atoms with Crippen LogP contribution in [-0.2, 0) is 6.54 Å². The summed E-state index contributed by atoms with van der Waals surface area (Å²) in [5, 5.41) is 3.33. The second-order valence-corrected chi connectivity index (χ2v) is 5.64. The van der Waals surface area contributed by atoms with Crippen molar-refractivity contribution in [2.45, 2.75) is 47.2 Å². The smallest absolute Gasteiger partial charge is 0.238 e. The quantitative estimate of drug-likeness (QED) is 0.910. The number of benzene rings is 1. The number of hydrogen-bond acceptors (Lipinski definition) is 4. The normalized spacial score (nSPS) is 11.0. The number of aromatic nitrogens is 2. The zero-order valence-corrected chi connectivity index (χ0v) is 13.4. The van der Waals surface area contributed by atoms with E-state index in [1.54, 1.807) is 12.4 Å². The maximum absolute atomic E-state index is 5.97. The molecule has 2 aromatic rings. The SMILES string of the molecule is Cc1ccc(C)c(Oc2cncc(CNC(C)C)n2)c1C. The molecule has 2 rings (SSSR count). The van der Waals surface area contributed by atoms with Gasteiger partial charge in [0.2, 0.25) is 5.88 Å². The first-order valence-electron chi connectivity index (χ1n) is 7.26. The highest BCUT2D eigenvalue weighted by Gasteiger charge is 2.09. The molecule has 4 heteroatoms. The summed E-state index contributed by atoms with van der Waals surface area (Å²) in [5.41, 5.74) is 4.33. The predicted octanol–water partition coefficient (Wildman–Crippen LogP) is 3.69. The minimum absolute atomic E-state index is 0.414. The van der Waals surface area contributed by atoms with Gasteiger partial charge in [-0.05, 0) is 37.5 Å². The van der Waals surface area contributed by atoms with Crippen molar-refractivity contribution in [2.75, 3.05) is 0 Å². The van der Waals surface area contributed by atoms with Crippen molar-refractivity contribution in [1.82, 2.24) is 15.3 Å². The summed E-state index contributed by atoms with van der Waals surface area (Å²) < 4.78 is 5.97. The molecule has 0 unspecified atom stereocenters. The maximum Gasteiger partial charge on any atom is 0.238 e. The zero-order valence-electron chi connectivity index (χ0n) is 13.4. The van der Waals surface area contributed by atoms with E-state index in [4.69, 9.17) is 4.74 Å². The lowest BCUT2D eigenvalue weighted by Gasteiger charge is -2.13. The fourth-order valence-electron chi connectivity index (χ4n) is 2.02.